The zero-order chi connectivity index (χ0) is 16.5. The highest BCUT2D eigenvalue weighted by atomic mass is 32.2. The monoisotopic (exact) mass is 330 g/mol. The summed E-state index contributed by atoms with van der Waals surface area (Å²) in [6.07, 6.45) is -0.251. The van der Waals surface area contributed by atoms with Crippen LogP contribution in [0.4, 0.5) is 14.5 Å². The van der Waals surface area contributed by atoms with Crippen LogP contribution < -0.4 is 4.72 Å². The summed E-state index contributed by atoms with van der Waals surface area (Å²) in [5.41, 5.74) is -0.316. The molecule has 22 heavy (non-hydrogen) atoms. The number of hydrogen-bond acceptors (Lipinski definition) is 4. The Labute approximate surface area is 127 Å². The van der Waals surface area contributed by atoms with Crippen molar-refractivity contribution in [3.05, 3.63) is 36.0 Å². The number of nitrogens with one attached hydrogen (secondary N) is 1. The molecule has 2 rings (SSSR count). The Morgan fingerprint density at radius 1 is 1.27 bits per heavy atom. The molecule has 0 radical (unpaired) electrons. The van der Waals surface area contributed by atoms with Crippen LogP contribution in [-0.4, -0.2) is 23.0 Å². The maximum Gasteiger partial charge on any atom is 0.281 e. The molecule has 2 aromatic heterocycles. The largest absolute Gasteiger partial charge is 0.336 e. The van der Waals surface area contributed by atoms with Crippen LogP contribution in [0.15, 0.2) is 29.6 Å². The van der Waals surface area contributed by atoms with Crippen molar-refractivity contribution >= 4 is 15.7 Å². The second-order valence-corrected chi connectivity index (χ2v) is 6.71. The molecule has 0 atom stereocenters. The predicted octanol–water partition coefficient (Wildman–Crippen LogP) is 2.68. The van der Waals surface area contributed by atoms with Gasteiger partial charge >= 0.3 is 0 Å². The summed E-state index contributed by atoms with van der Waals surface area (Å²) in [5, 5.41) is -0.128. The third kappa shape index (κ3) is 3.41. The second-order valence-electron chi connectivity index (χ2n) is 5.08. The zero-order valence-electron chi connectivity index (χ0n) is 12.3. The van der Waals surface area contributed by atoms with Gasteiger partial charge in [0.25, 0.3) is 16.4 Å². The minimum Gasteiger partial charge on any atom is -0.336 e. The van der Waals surface area contributed by atoms with E-state index in [4.69, 9.17) is 0 Å². The number of rotatable bonds is 5. The lowest BCUT2D eigenvalue weighted by Crippen LogP contribution is -2.14. The fourth-order valence-electron chi connectivity index (χ4n) is 1.92. The van der Waals surface area contributed by atoms with Crippen LogP contribution in [0.3, 0.4) is 0 Å². The Kier molecular flexibility index (Phi) is 4.45. The number of pyridine rings is 1. The first kappa shape index (κ1) is 16.3. The van der Waals surface area contributed by atoms with E-state index in [0.717, 1.165) is 12.3 Å². The summed E-state index contributed by atoms with van der Waals surface area (Å²) in [5.74, 6) is 0.701. The number of hydrogen-bond donors (Lipinski definition) is 1. The van der Waals surface area contributed by atoms with Crippen LogP contribution in [0.5, 0.6) is 0 Å². The lowest BCUT2D eigenvalue weighted by atomic mass is 10.2. The number of alkyl halides is 2. The Hall–Kier alpha value is -2.03. The zero-order valence-corrected chi connectivity index (χ0v) is 13.1. The van der Waals surface area contributed by atoms with Crippen LogP contribution in [0.1, 0.15) is 37.7 Å². The van der Waals surface area contributed by atoms with Gasteiger partial charge in [-0.2, -0.15) is 8.42 Å². The van der Waals surface area contributed by atoms with Crippen molar-refractivity contribution in [1.82, 2.24) is 14.5 Å². The highest BCUT2D eigenvalue weighted by Crippen LogP contribution is 2.21. The number of aromatic nitrogens is 3. The SMILES string of the molecule is CC(C)c1nc(S(=O)(=O)Nc2ccc(C(F)F)nc2)cn1C. The fraction of sp³-hybridized carbons (Fsp3) is 0.385. The van der Waals surface area contributed by atoms with Gasteiger partial charge in [0.05, 0.1) is 11.9 Å². The smallest absolute Gasteiger partial charge is 0.281 e. The third-order valence-electron chi connectivity index (χ3n) is 2.94. The Morgan fingerprint density at radius 2 is 1.95 bits per heavy atom. The molecule has 1 N–H and O–H groups in total. The number of halogens is 2. The van der Waals surface area contributed by atoms with Gasteiger partial charge in [0, 0.05) is 19.2 Å². The van der Waals surface area contributed by atoms with Crippen molar-refractivity contribution in [2.24, 2.45) is 7.05 Å². The van der Waals surface area contributed by atoms with Crippen LogP contribution in [0.2, 0.25) is 0 Å². The van der Waals surface area contributed by atoms with Crippen molar-refractivity contribution in [3.8, 4) is 0 Å². The fourth-order valence-corrected chi connectivity index (χ4v) is 2.97. The van der Waals surface area contributed by atoms with Crippen molar-refractivity contribution < 1.29 is 17.2 Å². The molecule has 9 heteroatoms. The van der Waals surface area contributed by atoms with E-state index in [-0.39, 0.29) is 16.6 Å². The van der Waals surface area contributed by atoms with Crippen LogP contribution in [-0.2, 0) is 17.1 Å². The molecular weight excluding hydrogens is 314 g/mol. The third-order valence-corrected chi connectivity index (χ3v) is 4.20. The topological polar surface area (TPSA) is 76.9 Å². The van der Waals surface area contributed by atoms with Crippen molar-refractivity contribution in [3.63, 3.8) is 0 Å². The van der Waals surface area contributed by atoms with Crippen LogP contribution in [0, 0.1) is 0 Å². The van der Waals surface area contributed by atoms with E-state index >= 15 is 0 Å². The van der Waals surface area contributed by atoms with E-state index in [9.17, 15) is 17.2 Å². The van der Waals surface area contributed by atoms with Gasteiger partial charge in [0.15, 0.2) is 5.03 Å². The van der Waals surface area contributed by atoms with Gasteiger partial charge in [0.1, 0.15) is 11.5 Å². The van der Waals surface area contributed by atoms with Crippen molar-refractivity contribution in [2.45, 2.75) is 31.2 Å². The molecule has 0 fully saturated rings. The van der Waals surface area contributed by atoms with Gasteiger partial charge in [-0.3, -0.25) is 9.71 Å². The first-order chi connectivity index (χ1) is 10.2. The lowest BCUT2D eigenvalue weighted by molar-refractivity contribution is 0.146. The molecule has 0 amide bonds. The molecule has 0 unspecified atom stereocenters. The maximum atomic E-state index is 12.4. The molecule has 0 bridgehead atoms. The number of aryl methyl sites for hydroxylation is 1. The number of sulfonamides is 1. The molecular formula is C13H16F2N4O2S. The molecule has 0 spiro atoms. The molecule has 0 saturated carbocycles. The molecule has 0 aliphatic heterocycles. The van der Waals surface area contributed by atoms with E-state index in [0.29, 0.717) is 5.82 Å². The van der Waals surface area contributed by atoms with Crippen molar-refractivity contribution in [1.29, 1.82) is 0 Å². The maximum absolute atomic E-state index is 12.4. The molecule has 6 nitrogen and oxygen atoms in total. The lowest BCUT2D eigenvalue weighted by Gasteiger charge is -2.06. The van der Waals surface area contributed by atoms with Gasteiger partial charge in [-0.15, -0.1) is 0 Å². The Balaban J connectivity index is 2.26. The average Bonchev–Trinajstić information content (AvgIpc) is 2.82. The summed E-state index contributed by atoms with van der Waals surface area (Å²) in [6, 6.07) is 2.30. The van der Waals surface area contributed by atoms with Crippen LogP contribution in [0.25, 0.3) is 0 Å². The summed E-state index contributed by atoms with van der Waals surface area (Å²) in [7, 11) is -2.18. The summed E-state index contributed by atoms with van der Waals surface area (Å²) >= 11 is 0. The van der Waals surface area contributed by atoms with Gasteiger partial charge in [-0.1, -0.05) is 13.8 Å². The van der Waals surface area contributed by atoms with E-state index in [1.165, 1.54) is 12.3 Å². The molecule has 0 saturated heterocycles. The molecule has 2 aromatic rings. The average molecular weight is 330 g/mol. The highest BCUT2D eigenvalue weighted by molar-refractivity contribution is 7.92. The molecule has 120 valence electrons. The van der Waals surface area contributed by atoms with E-state index in [1.54, 1.807) is 11.6 Å². The van der Waals surface area contributed by atoms with E-state index < -0.39 is 22.1 Å². The normalized spacial score (nSPS) is 12.1. The van der Waals surface area contributed by atoms with E-state index in [2.05, 4.69) is 14.7 Å². The Morgan fingerprint density at radius 3 is 2.41 bits per heavy atom. The first-order valence-corrected chi connectivity index (χ1v) is 7.99. The quantitative estimate of drug-likeness (QED) is 0.914. The minimum atomic E-state index is -3.89. The highest BCUT2D eigenvalue weighted by Gasteiger charge is 2.21. The molecule has 0 aromatic carbocycles. The number of nitrogens with zero attached hydrogens (tertiary/aromatic N) is 3. The number of imidazole rings is 1. The minimum absolute atomic E-state index is 0.0703. The second kappa shape index (κ2) is 5.99. The summed E-state index contributed by atoms with van der Waals surface area (Å²) in [6.45, 7) is 3.80. The molecule has 2 heterocycles. The summed E-state index contributed by atoms with van der Waals surface area (Å²) < 4.78 is 53.2. The van der Waals surface area contributed by atoms with Crippen molar-refractivity contribution in [2.75, 3.05) is 4.72 Å². The first-order valence-electron chi connectivity index (χ1n) is 6.51. The molecule has 0 aliphatic carbocycles. The Bertz CT molecular complexity index is 755. The molecule has 0 aliphatic rings. The van der Waals surface area contributed by atoms with Crippen LogP contribution >= 0.6 is 0 Å². The summed E-state index contributed by atoms with van der Waals surface area (Å²) in [4.78, 5) is 7.60. The number of anilines is 1. The predicted molar refractivity (Wildman–Crippen MR) is 77.3 cm³/mol. The van der Waals surface area contributed by atoms with Gasteiger partial charge < -0.3 is 4.57 Å². The van der Waals surface area contributed by atoms with Gasteiger partial charge in [0.2, 0.25) is 0 Å². The van der Waals surface area contributed by atoms with Gasteiger partial charge in [-0.05, 0) is 12.1 Å². The van der Waals surface area contributed by atoms with E-state index in [1.807, 2.05) is 13.8 Å². The van der Waals surface area contributed by atoms with Gasteiger partial charge in [-0.25, -0.2) is 13.8 Å². The standard InChI is InChI=1S/C13H16F2N4O2S/c1-8(2)13-17-11(7-19(13)3)22(20,21)18-9-4-5-10(12(14)15)16-6-9/h4-8,12,18H,1-3H3.